The van der Waals surface area contributed by atoms with Crippen LogP contribution in [0.15, 0.2) is 29.2 Å². The molecule has 2 aromatic heterocycles. The second-order valence-corrected chi connectivity index (χ2v) is 9.08. The van der Waals surface area contributed by atoms with E-state index in [9.17, 15) is 13.2 Å². The van der Waals surface area contributed by atoms with Crippen molar-refractivity contribution in [2.24, 2.45) is 0 Å². The van der Waals surface area contributed by atoms with Gasteiger partial charge in [0.2, 0.25) is 0 Å². The number of hydrogen-bond acceptors (Lipinski definition) is 8. The van der Waals surface area contributed by atoms with Crippen LogP contribution in [0.1, 0.15) is 26.6 Å². The lowest BCUT2D eigenvalue weighted by Gasteiger charge is -2.06. The number of anilines is 1. The molecule has 0 bridgehead atoms. The third-order valence-electron chi connectivity index (χ3n) is 3.93. The maximum Gasteiger partial charge on any atom is 0.338 e. The number of nitrogens with zero attached hydrogens (tertiary/aromatic N) is 2. The van der Waals surface area contributed by atoms with E-state index < -0.39 is 15.8 Å². The number of esters is 1. The van der Waals surface area contributed by atoms with Crippen LogP contribution >= 0.6 is 11.3 Å². The average molecular weight is 391 g/mol. The van der Waals surface area contributed by atoms with Crippen LogP contribution in [0.4, 0.5) is 5.82 Å². The Morgan fingerprint density at radius 2 is 2.00 bits per heavy atom. The summed E-state index contributed by atoms with van der Waals surface area (Å²) < 4.78 is 28.4. The first-order valence-electron chi connectivity index (χ1n) is 7.66. The second-order valence-electron chi connectivity index (χ2n) is 5.86. The summed E-state index contributed by atoms with van der Waals surface area (Å²) in [6.07, 6.45) is 1.08. The molecular formula is C17H17N3O4S2. The average Bonchev–Trinajstić information content (AvgIpc) is 2.86. The third-order valence-corrected chi connectivity index (χ3v) is 6.14. The van der Waals surface area contributed by atoms with Crippen molar-refractivity contribution in [1.29, 1.82) is 0 Å². The van der Waals surface area contributed by atoms with Crippen molar-refractivity contribution in [3.63, 3.8) is 0 Å². The number of ether oxygens (including phenoxy) is 1. The molecule has 2 N–H and O–H groups in total. The molecule has 26 heavy (non-hydrogen) atoms. The fourth-order valence-corrected chi connectivity index (χ4v) is 4.18. The van der Waals surface area contributed by atoms with Crippen molar-refractivity contribution < 1.29 is 17.9 Å². The number of aryl methyl sites for hydroxylation is 2. The highest BCUT2D eigenvalue weighted by atomic mass is 32.2. The van der Waals surface area contributed by atoms with Gasteiger partial charge in [-0.15, -0.1) is 11.3 Å². The highest BCUT2D eigenvalue weighted by Crippen LogP contribution is 2.31. The molecule has 0 radical (unpaired) electrons. The Hall–Kier alpha value is -2.52. The molecule has 0 atom stereocenters. The Morgan fingerprint density at radius 1 is 1.27 bits per heavy atom. The molecule has 136 valence electrons. The van der Waals surface area contributed by atoms with Crippen LogP contribution in [0.25, 0.3) is 10.2 Å². The molecular weight excluding hydrogens is 374 g/mol. The van der Waals surface area contributed by atoms with Crippen LogP contribution in [0.2, 0.25) is 0 Å². The lowest BCUT2D eigenvalue weighted by atomic mass is 10.2. The zero-order valence-electron chi connectivity index (χ0n) is 14.4. The molecule has 1 aromatic carbocycles. The van der Waals surface area contributed by atoms with Crippen LogP contribution in [-0.4, -0.2) is 30.6 Å². The number of hydrogen-bond donors (Lipinski definition) is 1. The van der Waals surface area contributed by atoms with E-state index in [1.54, 1.807) is 0 Å². The van der Waals surface area contributed by atoms with Gasteiger partial charge in [0.15, 0.2) is 22.3 Å². The van der Waals surface area contributed by atoms with E-state index in [1.165, 1.54) is 35.6 Å². The predicted octanol–water partition coefficient (Wildman–Crippen LogP) is 2.65. The minimum absolute atomic E-state index is 0.0541. The van der Waals surface area contributed by atoms with Crippen LogP contribution in [-0.2, 0) is 21.2 Å². The Kier molecular flexibility index (Phi) is 4.68. The van der Waals surface area contributed by atoms with E-state index in [0.29, 0.717) is 11.6 Å². The smallest absolute Gasteiger partial charge is 0.338 e. The van der Waals surface area contributed by atoms with E-state index in [-0.39, 0.29) is 17.1 Å². The molecule has 9 heteroatoms. The van der Waals surface area contributed by atoms with Crippen LogP contribution < -0.4 is 5.73 Å². The third kappa shape index (κ3) is 3.54. The van der Waals surface area contributed by atoms with Gasteiger partial charge in [-0.05, 0) is 37.6 Å². The van der Waals surface area contributed by atoms with Crippen molar-refractivity contribution in [3.8, 4) is 0 Å². The number of benzene rings is 1. The van der Waals surface area contributed by atoms with Gasteiger partial charge in [0.05, 0.1) is 15.8 Å². The fourth-order valence-electron chi connectivity index (χ4n) is 2.46. The summed E-state index contributed by atoms with van der Waals surface area (Å²) in [6, 6.07) is 5.68. The van der Waals surface area contributed by atoms with Gasteiger partial charge in [-0.2, -0.15) is 0 Å². The molecule has 0 unspecified atom stereocenters. The number of carbonyl (C=O) groups excluding carboxylic acids is 1. The summed E-state index contributed by atoms with van der Waals surface area (Å²) in [5, 5.41) is 0.823. The standard InChI is InChI=1S/C17H17N3O4S2/c1-9-10(2)25-16-14(9)15(18)19-13(20-16)8-24-17(21)11-5-4-6-12(7-11)26(3,22)23/h4-7H,8H2,1-3H3,(H2,18,19,20). The van der Waals surface area contributed by atoms with E-state index >= 15 is 0 Å². The Labute approximate surface area is 154 Å². The SMILES string of the molecule is Cc1sc2nc(COC(=O)c3cccc(S(C)(=O)=O)c3)nc(N)c2c1C. The van der Waals surface area contributed by atoms with Crippen LogP contribution in [0.5, 0.6) is 0 Å². The molecule has 0 saturated carbocycles. The molecule has 0 spiro atoms. The molecule has 3 aromatic rings. The number of nitrogens with two attached hydrogens (primary N) is 1. The van der Waals surface area contributed by atoms with Crippen LogP contribution in [0, 0.1) is 13.8 Å². The van der Waals surface area contributed by atoms with Crippen LogP contribution in [0.3, 0.4) is 0 Å². The first-order valence-corrected chi connectivity index (χ1v) is 10.4. The van der Waals surface area contributed by atoms with Gasteiger partial charge in [-0.1, -0.05) is 6.07 Å². The maximum absolute atomic E-state index is 12.2. The van der Waals surface area contributed by atoms with Gasteiger partial charge >= 0.3 is 5.97 Å². The summed E-state index contributed by atoms with van der Waals surface area (Å²) in [4.78, 5) is 22.7. The number of carbonyl (C=O) groups is 1. The zero-order valence-corrected chi connectivity index (χ0v) is 16.1. The lowest BCUT2D eigenvalue weighted by molar-refractivity contribution is 0.0462. The Bertz CT molecular complexity index is 1120. The fraction of sp³-hybridized carbons (Fsp3) is 0.235. The first-order chi connectivity index (χ1) is 12.2. The normalized spacial score (nSPS) is 11.7. The van der Waals surface area contributed by atoms with Gasteiger partial charge in [0.25, 0.3) is 0 Å². The first kappa shape index (κ1) is 18.3. The zero-order chi connectivity index (χ0) is 19.1. The number of aromatic nitrogens is 2. The van der Waals surface area contributed by atoms with Crippen molar-refractivity contribution in [1.82, 2.24) is 9.97 Å². The molecule has 3 rings (SSSR count). The number of rotatable bonds is 4. The minimum Gasteiger partial charge on any atom is -0.454 e. The van der Waals surface area contributed by atoms with Crippen molar-refractivity contribution in [3.05, 3.63) is 46.1 Å². The van der Waals surface area contributed by atoms with Crippen molar-refractivity contribution in [2.45, 2.75) is 25.3 Å². The Balaban J connectivity index is 1.81. The van der Waals surface area contributed by atoms with E-state index in [0.717, 1.165) is 26.9 Å². The Morgan fingerprint density at radius 3 is 2.69 bits per heavy atom. The molecule has 0 aliphatic rings. The largest absolute Gasteiger partial charge is 0.454 e. The van der Waals surface area contributed by atoms with Crippen molar-refractivity contribution >= 4 is 43.2 Å². The predicted molar refractivity (Wildman–Crippen MR) is 100.0 cm³/mol. The maximum atomic E-state index is 12.2. The molecule has 0 fully saturated rings. The number of nitrogen functional groups attached to an aromatic ring is 1. The number of thiophene rings is 1. The quantitative estimate of drug-likeness (QED) is 0.680. The lowest BCUT2D eigenvalue weighted by Crippen LogP contribution is -2.09. The topological polar surface area (TPSA) is 112 Å². The van der Waals surface area contributed by atoms with Crippen molar-refractivity contribution in [2.75, 3.05) is 12.0 Å². The monoisotopic (exact) mass is 391 g/mol. The highest BCUT2D eigenvalue weighted by molar-refractivity contribution is 7.90. The molecule has 0 aliphatic heterocycles. The van der Waals surface area contributed by atoms with E-state index in [1.807, 2.05) is 13.8 Å². The molecule has 2 heterocycles. The minimum atomic E-state index is -3.41. The van der Waals surface area contributed by atoms with Gasteiger partial charge < -0.3 is 10.5 Å². The van der Waals surface area contributed by atoms with Gasteiger partial charge in [-0.3, -0.25) is 0 Å². The summed E-state index contributed by atoms with van der Waals surface area (Å²) >= 11 is 1.50. The molecule has 0 amide bonds. The summed E-state index contributed by atoms with van der Waals surface area (Å²) in [5.74, 6) is -0.0119. The van der Waals surface area contributed by atoms with E-state index in [2.05, 4.69) is 9.97 Å². The summed E-state index contributed by atoms with van der Waals surface area (Å²) in [7, 11) is -3.41. The second kappa shape index (κ2) is 6.65. The van der Waals surface area contributed by atoms with E-state index in [4.69, 9.17) is 10.5 Å². The summed E-state index contributed by atoms with van der Waals surface area (Å²) in [5.41, 5.74) is 7.19. The van der Waals surface area contributed by atoms with Gasteiger partial charge in [0, 0.05) is 11.1 Å². The van der Waals surface area contributed by atoms with Gasteiger partial charge in [0.1, 0.15) is 10.6 Å². The molecule has 0 aliphatic carbocycles. The highest BCUT2D eigenvalue weighted by Gasteiger charge is 2.16. The molecule has 7 nitrogen and oxygen atoms in total. The van der Waals surface area contributed by atoms with Gasteiger partial charge in [-0.25, -0.2) is 23.2 Å². The summed E-state index contributed by atoms with van der Waals surface area (Å²) in [6.45, 7) is 3.79. The number of sulfone groups is 1. The number of fused-ring (bicyclic) bond motifs is 1. The molecule has 0 saturated heterocycles.